The van der Waals surface area contributed by atoms with E-state index in [1.165, 1.54) is 5.57 Å². The predicted molar refractivity (Wildman–Crippen MR) is 349 cm³/mol. The normalized spacial score (nSPS) is 36.1. The molecule has 0 amide bonds. The van der Waals surface area contributed by atoms with Gasteiger partial charge in [0.2, 0.25) is 0 Å². The monoisotopic (exact) mass is 1600 g/mol. The van der Waals surface area contributed by atoms with E-state index in [0.717, 1.165) is 5.57 Å². The molecule has 2 aliphatic heterocycles. The summed E-state index contributed by atoms with van der Waals surface area (Å²) in [4.78, 5) is 14.1. The molecule has 3 aliphatic carbocycles. The van der Waals surface area contributed by atoms with Crippen molar-refractivity contribution >= 4 is 249 Å². The Hall–Kier alpha value is 13.2. The minimum Gasteiger partial charge on any atom is -0.426 e. The number of fused-ring (bicyclic) bond motifs is 5. The molecule has 2 heterocycles. The summed E-state index contributed by atoms with van der Waals surface area (Å²) < 4.78 is 42.8. The summed E-state index contributed by atoms with van der Waals surface area (Å²) in [5.41, 5.74) is -1.45. The fourth-order valence-electron chi connectivity index (χ4n) is 9.08. The van der Waals surface area contributed by atoms with Gasteiger partial charge in [-0.2, -0.15) is 0 Å². The van der Waals surface area contributed by atoms with Gasteiger partial charge in [0.25, 0.3) is 0 Å². The van der Waals surface area contributed by atoms with Gasteiger partial charge < -0.3 is 32.9 Å². The molecular weight excluding hydrogens is 1540 g/mol. The number of rotatable bonds is 17. The van der Waals surface area contributed by atoms with Crippen LogP contribution in [0.25, 0.3) is 0 Å². The summed E-state index contributed by atoms with van der Waals surface area (Å²) in [6.07, 6.45) is -1.26. The third-order valence-corrected chi connectivity index (χ3v) is 152. The first-order valence-corrected chi connectivity index (χ1v) is 69.4. The van der Waals surface area contributed by atoms with E-state index in [1.54, 1.807) is 0 Å². The first kappa shape index (κ1) is 65.7. The molecule has 8 nitrogen and oxygen atoms in total. The molecule has 5 aliphatic rings. The fourth-order valence-corrected chi connectivity index (χ4v) is 204. The minimum absolute atomic E-state index is 0. The smallest absolute Gasteiger partial charge is 0.426 e. The van der Waals surface area contributed by atoms with Crippen LogP contribution < -0.4 is 0 Å². The molecule has 5 rings (SSSR count). The van der Waals surface area contributed by atoms with Crippen molar-refractivity contribution in [3.8, 4) is 0 Å². The molecule has 39 heteroatoms. The van der Waals surface area contributed by atoms with Gasteiger partial charge in [-0.3, -0.25) is 0 Å². The van der Waals surface area contributed by atoms with Gasteiger partial charge >= 0.3 is 6.16 Å². The Morgan fingerprint density at radius 3 is 1.73 bits per heavy atom. The Balaban J connectivity index is 0.00000794. The van der Waals surface area contributed by atoms with Crippen LogP contribution in [-0.2, 0) is 27.8 Å². The summed E-state index contributed by atoms with van der Waals surface area (Å²) in [5, 5.41) is 13.1. The van der Waals surface area contributed by atoms with Crippen LogP contribution in [-0.4, -0.2) is 59.6 Å². The van der Waals surface area contributed by atoms with Crippen molar-refractivity contribution < 1.29 is 81.7 Å². The van der Waals surface area contributed by atoms with Crippen molar-refractivity contribution in [1.82, 2.24) is 0 Å². The number of carbonyl (C=O) groups is 1. The van der Waals surface area contributed by atoms with Gasteiger partial charge in [0.15, 0.2) is 11.7 Å². The van der Waals surface area contributed by atoms with Crippen molar-refractivity contribution in [3.63, 3.8) is 0 Å². The van der Waals surface area contributed by atoms with E-state index >= 15 is 0 Å². The summed E-state index contributed by atoms with van der Waals surface area (Å²) in [7, 11) is 47.7. The molecule has 60 heavy (non-hydrogen) atoms. The summed E-state index contributed by atoms with van der Waals surface area (Å²) >= 11 is 0. The van der Waals surface area contributed by atoms with E-state index in [2.05, 4.69) is 171 Å². The van der Waals surface area contributed by atoms with E-state index in [0.29, 0.717) is 27.2 Å². The zero-order chi connectivity index (χ0) is 44.5. The topological polar surface area (TPSA) is 92.7 Å². The quantitative estimate of drug-likeness (QED) is 0.0875. The molecule has 0 aromatic heterocycles. The first-order valence-electron chi connectivity index (χ1n) is 17.2. The van der Waals surface area contributed by atoms with Crippen molar-refractivity contribution in [3.05, 3.63) is 11.1 Å². The second-order valence-electron chi connectivity index (χ2n) is 15.1. The second-order valence-corrected chi connectivity index (χ2v) is 122. The number of carbonyl (C=O) groups excluding carboxylic acids is 1. The third kappa shape index (κ3) is 14.2. The van der Waals surface area contributed by atoms with Crippen LogP contribution >= 0.6 is 243 Å². The van der Waals surface area contributed by atoms with Crippen LogP contribution in [0.3, 0.4) is 0 Å². The van der Waals surface area contributed by atoms with Crippen LogP contribution in [0.5, 0.6) is 0 Å². The van der Waals surface area contributed by atoms with Crippen LogP contribution in [0.1, 0.15) is 47.0 Å². The van der Waals surface area contributed by atoms with Gasteiger partial charge in [0.05, 0.1) is 53.6 Å². The Morgan fingerprint density at radius 1 is 0.733 bits per heavy atom. The van der Waals surface area contributed by atoms with E-state index in [4.69, 9.17) is 27.8 Å². The van der Waals surface area contributed by atoms with Crippen molar-refractivity contribution in [2.75, 3.05) is 6.61 Å². The van der Waals surface area contributed by atoms with Gasteiger partial charge in [-0.05, 0) is 73.4 Å². The van der Waals surface area contributed by atoms with Crippen LogP contribution in [0, 0.1) is 60.8 Å². The molecule has 1 N–H and O–H groups in total. The molecule has 2 bridgehead atoms. The van der Waals surface area contributed by atoms with E-state index < -0.39 is 139 Å². The Morgan fingerprint density at radius 2 is 1.28 bits per heavy atom. The van der Waals surface area contributed by atoms with Crippen LogP contribution in [0.4, 0.5) is 4.79 Å². The van der Waals surface area contributed by atoms with E-state index in [-0.39, 0.29) is 69.0 Å². The number of aliphatic hydroxyl groups is 1. The molecule has 4 fully saturated rings. The van der Waals surface area contributed by atoms with E-state index in [9.17, 15) is 9.90 Å². The minimum atomic E-state index is -1.25. The maximum absolute atomic E-state index is 14.1. The molecule has 345 valence electrons. The van der Waals surface area contributed by atoms with Crippen LogP contribution in [0.2, 0.25) is 0 Å². The maximum atomic E-state index is 14.1. The Labute approximate surface area is 448 Å². The molecule has 2 saturated carbocycles. The van der Waals surface area contributed by atoms with E-state index in [1.807, 2.05) is 0 Å². The fraction of sp³-hybridized carbons (Fsp3) is 0.857. The third-order valence-electron chi connectivity index (χ3n) is 11.5. The Bertz CT molecular complexity index is 1520. The average Bonchev–Trinajstić information content (AvgIpc) is 3.43. The SMILES string of the molecule is CC1=C2[C@H](OP(P(P)P)P(PP)P(P)P)C[C@]3(C)[C@@H](OP(P(P)P)P(P)P)C[C@H]4OC[C@@]4(O)[C@H]3[C@@H]3OC(=O)O[C@@]3(C[C@@H]1OP(P(P)P(P)P)P(P(P)P)P(P)P)C2(C)C.[Ac]. The van der Waals surface area contributed by atoms with Crippen LogP contribution in [0.15, 0.2) is 11.1 Å². The standard InChI is InChI=1S/C21H60O8P30.Ac/c1-9-10(27-49(57(45)53(37)38)59(55(41)42)56(43)44)7-21-16(25-17(22)26-21)15-19(4,12(5-13-20(15,23)8-24-13)29-47(50(31)32)51(33)34)6-11(14(9)18(21,2)3)28-48(52(35)36)58(46-30)54(39)40;/h10-13,15-16,23,46H,5-8,30-45H2,1-4H3;/t10-,11+,12-,13+,15-,16-,19+,20-,21+,48?,49?,57?,58?;/m0./s1. The zero-order valence-electron chi connectivity index (χ0n) is 33.2. The second kappa shape index (κ2) is 28.0. The number of hydrogen-bond donors (Lipinski definition) is 1. The molecule has 30 atom stereocenters. The molecule has 0 aromatic rings. The van der Waals surface area contributed by atoms with Gasteiger partial charge in [-0.1, -0.05) is 37.7 Å². The van der Waals surface area contributed by atoms with Gasteiger partial charge in [-0.25, -0.2) is 4.79 Å². The summed E-state index contributed by atoms with van der Waals surface area (Å²) in [5.74, 6) is -0.545. The zero-order valence-corrected chi connectivity index (χ0v) is 69.1. The van der Waals surface area contributed by atoms with Gasteiger partial charge in [0.1, 0.15) is 5.60 Å². The molecule has 2 saturated heterocycles. The average molecular weight is 1600 g/mol. The van der Waals surface area contributed by atoms with Gasteiger partial charge in [0, 0.05) is 94.6 Å². The molecular formula is C21H60AcO8P30. The molecule has 21 unspecified atom stereocenters. The van der Waals surface area contributed by atoms with Gasteiger partial charge in [-0.15, -0.1) is 134 Å². The largest absolute Gasteiger partial charge is 0.509 e. The summed E-state index contributed by atoms with van der Waals surface area (Å²) in [6, 6.07) is 0. The van der Waals surface area contributed by atoms with Crippen molar-refractivity contribution in [1.29, 1.82) is 0 Å². The first-order chi connectivity index (χ1) is 27.2. The van der Waals surface area contributed by atoms with Crippen molar-refractivity contribution in [2.24, 2.45) is 16.7 Å². The maximum Gasteiger partial charge on any atom is 0.509 e. The number of ether oxygens (including phenoxy) is 3. The molecule has 1 spiro atoms. The van der Waals surface area contributed by atoms with Crippen molar-refractivity contribution in [2.45, 2.75) is 88.7 Å². The number of hydrogen-bond acceptors (Lipinski definition) is 8. The predicted octanol–water partition coefficient (Wildman–Crippen LogP) is 19.1. The Kier molecular flexibility index (Phi) is 30.7. The molecule has 0 aromatic carbocycles. The molecule has 1 radical (unpaired) electrons. The summed E-state index contributed by atoms with van der Waals surface area (Å²) in [6.45, 7) is 4.30.